The van der Waals surface area contributed by atoms with Crippen LogP contribution in [0, 0.1) is 0 Å². The lowest BCUT2D eigenvalue weighted by atomic mass is 10.2. The molecule has 4 aromatic rings. The molecule has 0 amide bonds. The van der Waals surface area contributed by atoms with Crippen LogP contribution in [0.2, 0.25) is 0 Å². The number of carbonyl (C=O) groups is 1. The van der Waals surface area contributed by atoms with Crippen molar-refractivity contribution in [2.75, 3.05) is 59.4 Å². The molecular weight excluding hydrogens is 540 g/mol. The van der Waals surface area contributed by atoms with E-state index in [0.717, 1.165) is 54.2 Å². The largest absolute Gasteiger partial charge is 0.497 e. The molecule has 5 N–H and O–H groups in total. The second kappa shape index (κ2) is 15.5. The van der Waals surface area contributed by atoms with Crippen LogP contribution < -0.4 is 34.6 Å². The van der Waals surface area contributed by atoms with Gasteiger partial charge in [-0.15, -0.1) is 0 Å². The Balaban J connectivity index is 1.42. The maximum Gasteiger partial charge on any atom is 0.341 e. The Hall–Kier alpha value is -4.55. The summed E-state index contributed by atoms with van der Waals surface area (Å²) in [6, 6.07) is 12.7. The van der Waals surface area contributed by atoms with E-state index < -0.39 is 12.6 Å². The molecule has 0 fully saturated rings. The third-order valence-corrected chi connectivity index (χ3v) is 6.44. The molecule has 2 aromatic heterocycles. The van der Waals surface area contributed by atoms with Gasteiger partial charge in [0.05, 0.1) is 26.5 Å². The standard InChI is InChI=1S/C30H38N6O6/c1-31-12-4-13-36(2)18-21-17-32-29-28(21)30(34-20-33-29)35-22-6-11-25(26(16-22)42-19-27(37)38)41-15-5-14-40-24-9-7-23(39-3)8-10-24/h6-11,16-17,20,31H,4-5,12-15,18-19H2,1-3H3,(H,37,38)(H2,32,33,34,35)/p+1. The molecule has 0 radical (unpaired) electrons. The first-order chi connectivity index (χ1) is 20.5. The first kappa shape index (κ1) is 30.4. The number of fused-ring (bicyclic) bond motifs is 1. The van der Waals surface area contributed by atoms with Gasteiger partial charge in [-0.2, -0.15) is 0 Å². The molecule has 2 heterocycles. The summed E-state index contributed by atoms with van der Waals surface area (Å²) in [6.45, 7) is 2.99. The number of nitrogens with one attached hydrogen (secondary N) is 4. The molecule has 0 saturated heterocycles. The summed E-state index contributed by atoms with van der Waals surface area (Å²) in [6.07, 6.45) is 5.27. The van der Waals surface area contributed by atoms with Crippen molar-refractivity contribution < 1.29 is 33.8 Å². The topological polar surface area (TPSA) is 144 Å². The molecule has 0 saturated carbocycles. The van der Waals surface area contributed by atoms with Crippen molar-refractivity contribution in [3.05, 3.63) is 60.6 Å². The monoisotopic (exact) mass is 579 g/mol. The Bertz CT molecular complexity index is 1430. The molecule has 0 spiro atoms. The Morgan fingerprint density at radius 2 is 1.83 bits per heavy atom. The number of ether oxygens (including phenoxy) is 4. The van der Waals surface area contributed by atoms with Gasteiger partial charge in [0.1, 0.15) is 16.9 Å². The zero-order valence-electron chi connectivity index (χ0n) is 24.2. The van der Waals surface area contributed by atoms with Gasteiger partial charge in [-0.3, -0.25) is 4.98 Å². The number of aromatic nitrogens is 3. The van der Waals surface area contributed by atoms with Crippen molar-refractivity contribution in [2.45, 2.75) is 19.4 Å². The summed E-state index contributed by atoms with van der Waals surface area (Å²) in [5.74, 6) is 1.85. The number of aromatic amines is 2. The molecule has 0 atom stereocenters. The highest BCUT2D eigenvalue weighted by molar-refractivity contribution is 5.90. The molecular formula is C30H39N6O6+. The Kier molecular flexibility index (Phi) is 11.2. The first-order valence-electron chi connectivity index (χ1n) is 13.8. The third kappa shape index (κ3) is 8.72. The highest BCUT2D eigenvalue weighted by Crippen LogP contribution is 2.33. The molecule has 0 unspecified atom stereocenters. The van der Waals surface area contributed by atoms with E-state index in [9.17, 15) is 9.90 Å². The van der Waals surface area contributed by atoms with Gasteiger partial charge >= 0.3 is 5.97 Å². The van der Waals surface area contributed by atoms with E-state index >= 15 is 0 Å². The molecule has 4 rings (SSSR count). The number of carboxylic acids is 1. The molecule has 224 valence electrons. The highest BCUT2D eigenvalue weighted by Gasteiger charge is 2.18. The predicted octanol–water partition coefficient (Wildman–Crippen LogP) is 3.48. The van der Waals surface area contributed by atoms with E-state index in [1.165, 1.54) is 0 Å². The maximum absolute atomic E-state index is 11.2. The minimum Gasteiger partial charge on any atom is -0.497 e. The predicted molar refractivity (Wildman–Crippen MR) is 159 cm³/mol. The third-order valence-electron chi connectivity index (χ3n) is 6.44. The van der Waals surface area contributed by atoms with Crippen LogP contribution in [0.1, 0.15) is 18.4 Å². The van der Waals surface area contributed by atoms with E-state index in [2.05, 4.69) is 37.5 Å². The average Bonchev–Trinajstić information content (AvgIpc) is 3.40. The fraction of sp³-hybridized carbons (Fsp3) is 0.367. The van der Waals surface area contributed by atoms with Gasteiger partial charge in [0, 0.05) is 30.3 Å². The summed E-state index contributed by atoms with van der Waals surface area (Å²) < 4.78 is 22.4. The van der Waals surface area contributed by atoms with Crippen LogP contribution >= 0.6 is 0 Å². The Morgan fingerprint density at radius 1 is 1.05 bits per heavy atom. The van der Waals surface area contributed by atoms with E-state index in [1.807, 2.05) is 43.6 Å². The number of rotatable bonds is 18. The SMILES string of the molecule is CNCCCN(C)Cc1c[nH]c2[nH+]cnc(Nc3ccc(OCCCOc4ccc(OC)cc4)c(OCC(=O)O)c3)c12. The molecule has 0 aliphatic heterocycles. The van der Waals surface area contributed by atoms with E-state index in [-0.39, 0.29) is 0 Å². The summed E-state index contributed by atoms with van der Waals surface area (Å²) in [5, 5.41) is 16.7. The van der Waals surface area contributed by atoms with Crippen LogP contribution in [-0.4, -0.2) is 80.1 Å². The minimum atomic E-state index is -1.08. The van der Waals surface area contributed by atoms with Crippen LogP contribution in [0.3, 0.4) is 0 Å². The number of hydrogen-bond acceptors (Lipinski definition) is 9. The van der Waals surface area contributed by atoms with Gasteiger partial charge in [-0.25, -0.2) is 9.78 Å². The number of anilines is 2. The smallest absolute Gasteiger partial charge is 0.341 e. The molecule has 42 heavy (non-hydrogen) atoms. The van der Waals surface area contributed by atoms with Crippen molar-refractivity contribution in [3.8, 4) is 23.0 Å². The van der Waals surface area contributed by atoms with Gasteiger partial charge in [0.15, 0.2) is 18.1 Å². The fourth-order valence-corrected chi connectivity index (χ4v) is 4.39. The average molecular weight is 580 g/mol. The van der Waals surface area contributed by atoms with Gasteiger partial charge < -0.3 is 39.6 Å². The quantitative estimate of drug-likeness (QED) is 0.129. The van der Waals surface area contributed by atoms with Gasteiger partial charge in [-0.1, -0.05) is 4.98 Å². The van der Waals surface area contributed by atoms with Crippen molar-refractivity contribution in [2.24, 2.45) is 0 Å². The Morgan fingerprint density at radius 3 is 2.60 bits per heavy atom. The first-order valence-corrected chi connectivity index (χ1v) is 13.8. The minimum absolute atomic E-state index is 0.316. The van der Waals surface area contributed by atoms with Crippen LogP contribution in [0.4, 0.5) is 11.5 Å². The summed E-state index contributed by atoms with van der Waals surface area (Å²) >= 11 is 0. The Labute approximate surface area is 245 Å². The molecule has 0 aliphatic rings. The number of aliphatic carboxylic acids is 1. The zero-order valence-corrected chi connectivity index (χ0v) is 24.2. The number of H-pyrrole nitrogens is 2. The molecule has 12 nitrogen and oxygen atoms in total. The van der Waals surface area contributed by atoms with E-state index in [0.29, 0.717) is 42.6 Å². The number of hydrogen-bond donors (Lipinski definition) is 4. The molecule has 0 bridgehead atoms. The number of methoxy groups -OCH3 is 1. The lowest BCUT2D eigenvalue weighted by Gasteiger charge is -2.16. The zero-order chi connectivity index (χ0) is 29.7. The fourth-order valence-electron chi connectivity index (χ4n) is 4.39. The second-order valence-corrected chi connectivity index (χ2v) is 9.70. The van der Waals surface area contributed by atoms with E-state index in [1.54, 1.807) is 25.6 Å². The van der Waals surface area contributed by atoms with Crippen LogP contribution in [0.25, 0.3) is 11.0 Å². The van der Waals surface area contributed by atoms with Gasteiger partial charge in [-0.05, 0) is 70.0 Å². The number of benzene rings is 2. The molecule has 0 aliphatic carbocycles. The second-order valence-electron chi connectivity index (χ2n) is 9.70. The van der Waals surface area contributed by atoms with E-state index in [4.69, 9.17) is 18.9 Å². The maximum atomic E-state index is 11.2. The summed E-state index contributed by atoms with van der Waals surface area (Å²) in [5.41, 5.74) is 2.63. The van der Waals surface area contributed by atoms with Gasteiger partial charge in [0.25, 0.3) is 0 Å². The summed E-state index contributed by atoms with van der Waals surface area (Å²) in [4.78, 5) is 24.5. The highest BCUT2D eigenvalue weighted by atomic mass is 16.5. The lowest BCUT2D eigenvalue weighted by Crippen LogP contribution is -2.22. The van der Waals surface area contributed by atoms with Crippen molar-refractivity contribution >= 4 is 28.5 Å². The molecule has 12 heteroatoms. The number of nitrogens with zero attached hydrogens (tertiary/aromatic N) is 2. The normalized spacial score (nSPS) is 11.0. The summed E-state index contributed by atoms with van der Waals surface area (Å²) in [7, 11) is 5.67. The van der Waals surface area contributed by atoms with Crippen LogP contribution in [-0.2, 0) is 11.3 Å². The molecule has 2 aromatic carbocycles. The van der Waals surface area contributed by atoms with Crippen LogP contribution in [0.15, 0.2) is 55.0 Å². The van der Waals surface area contributed by atoms with Crippen molar-refractivity contribution in [1.82, 2.24) is 20.2 Å². The number of carboxylic acid groups (broad SMARTS) is 1. The lowest BCUT2D eigenvalue weighted by molar-refractivity contribution is -0.352. The van der Waals surface area contributed by atoms with Gasteiger partial charge in [0.2, 0.25) is 17.8 Å². The van der Waals surface area contributed by atoms with Crippen molar-refractivity contribution in [1.29, 1.82) is 0 Å². The van der Waals surface area contributed by atoms with Crippen LogP contribution in [0.5, 0.6) is 23.0 Å². The van der Waals surface area contributed by atoms with Crippen molar-refractivity contribution in [3.63, 3.8) is 0 Å².